The molecule has 0 amide bonds. The minimum Gasteiger partial charge on any atom is -0.386 e. The topological polar surface area (TPSA) is 40.5 Å². The molecule has 0 aromatic carbocycles. The van der Waals surface area contributed by atoms with Crippen LogP contribution >= 0.6 is 0 Å². The molecule has 1 aliphatic rings. The molecule has 0 saturated heterocycles. The van der Waals surface area contributed by atoms with Crippen LogP contribution in [0.1, 0.15) is 47.0 Å². The minimum atomic E-state index is -0.725. The third-order valence-electron chi connectivity index (χ3n) is 3.39. The monoisotopic (exact) mass is 236 g/mol. The van der Waals surface area contributed by atoms with Gasteiger partial charge in [0.1, 0.15) is 12.2 Å². The predicted octanol–water partition coefficient (Wildman–Crippen LogP) is 3.12. The van der Waals surface area contributed by atoms with Crippen LogP contribution in [0.4, 0.5) is 0 Å². The fraction of sp³-hybridized carbons (Fsp3) is 0.600. The van der Waals surface area contributed by atoms with Crippen LogP contribution in [0.3, 0.4) is 0 Å². The van der Waals surface area contributed by atoms with Crippen LogP contribution in [0, 0.1) is 0 Å². The van der Waals surface area contributed by atoms with E-state index in [-0.39, 0.29) is 0 Å². The van der Waals surface area contributed by atoms with Crippen molar-refractivity contribution in [2.75, 3.05) is 0 Å². The molecule has 96 valence electrons. The second-order valence-electron chi connectivity index (χ2n) is 5.17. The highest BCUT2D eigenvalue weighted by molar-refractivity contribution is 5.30. The Hall–Kier alpha value is -0.860. The van der Waals surface area contributed by atoms with Crippen molar-refractivity contribution in [1.29, 1.82) is 0 Å². The molecule has 17 heavy (non-hydrogen) atoms. The molecule has 0 unspecified atom stereocenters. The summed E-state index contributed by atoms with van der Waals surface area (Å²) >= 11 is 0. The van der Waals surface area contributed by atoms with Gasteiger partial charge in [-0.25, -0.2) is 0 Å². The molecule has 0 saturated carbocycles. The maximum absolute atomic E-state index is 10.0. The summed E-state index contributed by atoms with van der Waals surface area (Å²) < 4.78 is 0. The first-order chi connectivity index (χ1) is 7.93. The van der Waals surface area contributed by atoms with Gasteiger partial charge in [-0.05, 0) is 58.1 Å². The van der Waals surface area contributed by atoms with E-state index in [1.807, 2.05) is 13.0 Å². The van der Waals surface area contributed by atoms with Crippen LogP contribution in [0.15, 0.2) is 34.4 Å². The third kappa shape index (κ3) is 3.83. The summed E-state index contributed by atoms with van der Waals surface area (Å²) in [6, 6.07) is 0. The molecule has 0 aromatic heterocycles. The molecule has 0 fully saturated rings. The summed E-state index contributed by atoms with van der Waals surface area (Å²) in [4.78, 5) is 0. The molecule has 1 rings (SSSR count). The Morgan fingerprint density at radius 3 is 2.53 bits per heavy atom. The summed E-state index contributed by atoms with van der Waals surface area (Å²) in [5, 5.41) is 19.8. The molecule has 0 bridgehead atoms. The van der Waals surface area contributed by atoms with Gasteiger partial charge in [0.15, 0.2) is 0 Å². The lowest BCUT2D eigenvalue weighted by Crippen LogP contribution is -2.32. The van der Waals surface area contributed by atoms with Crippen molar-refractivity contribution < 1.29 is 10.2 Å². The van der Waals surface area contributed by atoms with Crippen LogP contribution in [0.2, 0.25) is 0 Å². The quantitative estimate of drug-likeness (QED) is 0.739. The van der Waals surface area contributed by atoms with Gasteiger partial charge in [-0.1, -0.05) is 23.3 Å². The first-order valence-electron chi connectivity index (χ1n) is 6.28. The summed E-state index contributed by atoms with van der Waals surface area (Å²) in [6.45, 7) is 8.10. The normalized spacial score (nSPS) is 27.5. The van der Waals surface area contributed by atoms with Crippen LogP contribution in [-0.4, -0.2) is 22.4 Å². The number of allylic oxidation sites excluding steroid dienone is 4. The SMILES string of the molecule is CC(C)=CCC/C(C)=C1\CC=C(C)[C@@H](O)[C@H]1O. The van der Waals surface area contributed by atoms with E-state index in [1.54, 1.807) is 0 Å². The molecule has 1 aliphatic carbocycles. The van der Waals surface area contributed by atoms with Gasteiger partial charge in [-0.3, -0.25) is 0 Å². The highest BCUT2D eigenvalue weighted by Gasteiger charge is 2.26. The zero-order valence-corrected chi connectivity index (χ0v) is 11.3. The van der Waals surface area contributed by atoms with Crippen LogP contribution in [0.25, 0.3) is 0 Å². The van der Waals surface area contributed by atoms with Crippen molar-refractivity contribution >= 4 is 0 Å². The summed E-state index contributed by atoms with van der Waals surface area (Å²) in [6.07, 6.45) is 5.50. The molecule has 0 aliphatic heterocycles. The molecule has 0 heterocycles. The molecule has 0 spiro atoms. The van der Waals surface area contributed by atoms with Crippen LogP contribution < -0.4 is 0 Å². The number of hydrogen-bond donors (Lipinski definition) is 2. The molecular formula is C15H24O2. The van der Waals surface area contributed by atoms with E-state index in [0.29, 0.717) is 0 Å². The molecule has 2 atom stereocenters. The van der Waals surface area contributed by atoms with Gasteiger partial charge in [-0.2, -0.15) is 0 Å². The molecule has 2 nitrogen and oxygen atoms in total. The summed E-state index contributed by atoms with van der Waals surface area (Å²) in [5.74, 6) is 0. The lowest BCUT2D eigenvalue weighted by Gasteiger charge is -2.27. The Kier molecular flexibility index (Phi) is 5.16. The van der Waals surface area contributed by atoms with Crippen molar-refractivity contribution in [3.05, 3.63) is 34.4 Å². The second kappa shape index (κ2) is 6.18. The van der Waals surface area contributed by atoms with Gasteiger partial charge < -0.3 is 10.2 Å². The Labute approximate surface area is 104 Å². The number of aliphatic hydroxyl groups is 2. The van der Waals surface area contributed by atoms with E-state index in [4.69, 9.17) is 0 Å². The second-order valence-corrected chi connectivity index (χ2v) is 5.17. The maximum atomic E-state index is 10.0. The molecule has 0 aromatic rings. The lowest BCUT2D eigenvalue weighted by atomic mass is 9.86. The van der Waals surface area contributed by atoms with E-state index in [1.165, 1.54) is 11.1 Å². The Balaban J connectivity index is 2.73. The third-order valence-corrected chi connectivity index (χ3v) is 3.39. The van der Waals surface area contributed by atoms with Gasteiger partial charge in [0.25, 0.3) is 0 Å². The first-order valence-corrected chi connectivity index (χ1v) is 6.28. The Morgan fingerprint density at radius 1 is 1.29 bits per heavy atom. The van der Waals surface area contributed by atoms with E-state index in [2.05, 4.69) is 26.8 Å². The van der Waals surface area contributed by atoms with Crippen LogP contribution in [-0.2, 0) is 0 Å². The van der Waals surface area contributed by atoms with E-state index < -0.39 is 12.2 Å². The molecule has 2 N–H and O–H groups in total. The van der Waals surface area contributed by atoms with Gasteiger partial charge in [0.05, 0.1) is 0 Å². The van der Waals surface area contributed by atoms with Crippen molar-refractivity contribution in [2.24, 2.45) is 0 Å². The van der Waals surface area contributed by atoms with Gasteiger partial charge in [-0.15, -0.1) is 0 Å². The smallest absolute Gasteiger partial charge is 0.105 e. The minimum absolute atomic E-state index is 0.716. The fourth-order valence-corrected chi connectivity index (χ4v) is 2.12. The summed E-state index contributed by atoms with van der Waals surface area (Å²) in [7, 11) is 0. The van der Waals surface area contributed by atoms with Gasteiger partial charge in [0.2, 0.25) is 0 Å². The first kappa shape index (κ1) is 14.2. The average molecular weight is 236 g/mol. The zero-order valence-electron chi connectivity index (χ0n) is 11.3. The van der Waals surface area contributed by atoms with Crippen molar-refractivity contribution in [2.45, 2.75) is 59.2 Å². The standard InChI is InChI=1S/C15H24O2/c1-10(2)6-5-7-11(3)13-9-8-12(4)14(16)15(13)17/h6,8,14-17H,5,7,9H2,1-4H3/b13-11+/t14-,15+/m1/s1. The predicted molar refractivity (Wildman–Crippen MR) is 71.8 cm³/mol. The Morgan fingerprint density at radius 2 is 1.94 bits per heavy atom. The van der Waals surface area contributed by atoms with E-state index >= 15 is 0 Å². The van der Waals surface area contributed by atoms with Gasteiger partial charge >= 0.3 is 0 Å². The number of aliphatic hydroxyl groups excluding tert-OH is 2. The lowest BCUT2D eigenvalue weighted by molar-refractivity contribution is 0.0595. The Bertz CT molecular complexity index is 357. The number of rotatable bonds is 3. The highest BCUT2D eigenvalue weighted by atomic mass is 16.3. The maximum Gasteiger partial charge on any atom is 0.105 e. The van der Waals surface area contributed by atoms with E-state index in [9.17, 15) is 10.2 Å². The fourth-order valence-electron chi connectivity index (χ4n) is 2.12. The molecular weight excluding hydrogens is 212 g/mol. The molecule has 0 radical (unpaired) electrons. The highest BCUT2D eigenvalue weighted by Crippen LogP contribution is 2.28. The number of hydrogen-bond acceptors (Lipinski definition) is 2. The van der Waals surface area contributed by atoms with Crippen molar-refractivity contribution in [1.82, 2.24) is 0 Å². The van der Waals surface area contributed by atoms with Crippen molar-refractivity contribution in [3.8, 4) is 0 Å². The average Bonchev–Trinajstić information content (AvgIpc) is 2.25. The zero-order chi connectivity index (χ0) is 13.0. The largest absolute Gasteiger partial charge is 0.386 e. The van der Waals surface area contributed by atoms with Gasteiger partial charge in [0, 0.05) is 0 Å². The summed E-state index contributed by atoms with van der Waals surface area (Å²) in [5.41, 5.74) is 4.39. The molecule has 2 heteroatoms. The van der Waals surface area contributed by atoms with Crippen molar-refractivity contribution in [3.63, 3.8) is 0 Å². The van der Waals surface area contributed by atoms with E-state index in [0.717, 1.165) is 30.4 Å². The van der Waals surface area contributed by atoms with Crippen LogP contribution in [0.5, 0.6) is 0 Å².